The van der Waals surface area contributed by atoms with Crippen LogP contribution in [0.3, 0.4) is 0 Å². The lowest BCUT2D eigenvalue weighted by molar-refractivity contribution is 0.195. The van der Waals surface area contributed by atoms with Crippen molar-refractivity contribution in [1.82, 2.24) is 0 Å². The smallest absolute Gasteiger partial charge is 0.401 e. The van der Waals surface area contributed by atoms with E-state index in [0.717, 1.165) is 30.3 Å². The minimum absolute atomic E-state index is 0.299. The Morgan fingerprint density at radius 1 is 1.00 bits per heavy atom. The molecule has 2 rings (SSSR count). The highest BCUT2D eigenvalue weighted by molar-refractivity contribution is 8.14. The Hall–Kier alpha value is -1.80. The molecule has 4 nitrogen and oxygen atoms in total. The fraction of sp³-hybridized carbons (Fsp3) is 0.0769. The van der Waals surface area contributed by atoms with Crippen LogP contribution in [0.25, 0.3) is 0 Å². The summed E-state index contributed by atoms with van der Waals surface area (Å²) in [6, 6.07) is 9.28. The lowest BCUT2D eigenvalue weighted by atomic mass is 10.3. The normalized spacial score (nSPS) is 12.3. The second-order valence-electron chi connectivity index (χ2n) is 4.03. The largest absolute Gasteiger partial charge is 0.508 e. The van der Waals surface area contributed by atoms with Crippen molar-refractivity contribution in [3.63, 3.8) is 0 Å². The Morgan fingerprint density at radius 2 is 1.62 bits per heavy atom. The summed E-state index contributed by atoms with van der Waals surface area (Å²) in [5.41, 5.74) is 0. The van der Waals surface area contributed by atoms with E-state index in [9.17, 15) is 22.3 Å². The Balaban J connectivity index is 2.38. The minimum atomic E-state index is -4.91. The molecule has 0 spiro atoms. The second kappa shape index (κ2) is 5.53. The maximum Gasteiger partial charge on any atom is 0.401 e. The van der Waals surface area contributed by atoms with Gasteiger partial charge in [0.1, 0.15) is 11.5 Å². The molecule has 2 aromatic carbocycles. The highest BCUT2D eigenvalue weighted by atomic mass is 32.3. The molecule has 112 valence electrons. The van der Waals surface area contributed by atoms with E-state index in [4.69, 9.17) is 5.11 Å². The molecule has 0 heterocycles. The van der Waals surface area contributed by atoms with Crippen LogP contribution in [0.5, 0.6) is 11.5 Å². The Kier molecular flexibility index (Phi) is 4.11. The summed E-state index contributed by atoms with van der Waals surface area (Å²) in [7, 11) is -4.91. The summed E-state index contributed by atoms with van der Waals surface area (Å²) < 4.78 is 47.8. The van der Waals surface area contributed by atoms with Crippen LogP contribution in [0.4, 0.5) is 8.78 Å². The van der Waals surface area contributed by atoms with E-state index in [2.05, 4.69) is 0 Å². The first-order chi connectivity index (χ1) is 9.74. The van der Waals surface area contributed by atoms with Crippen LogP contribution >= 0.6 is 11.8 Å². The fourth-order valence-corrected chi connectivity index (χ4v) is 3.85. The topological polar surface area (TPSA) is 74.6 Å². The van der Waals surface area contributed by atoms with E-state index in [0.29, 0.717) is 0 Å². The van der Waals surface area contributed by atoms with Crippen molar-refractivity contribution in [1.29, 1.82) is 0 Å². The number of rotatable bonds is 4. The molecule has 0 aliphatic rings. The Morgan fingerprint density at radius 3 is 2.19 bits per heavy atom. The lowest BCUT2D eigenvalue weighted by Gasteiger charge is -2.17. The molecule has 0 aliphatic heterocycles. The zero-order valence-electron chi connectivity index (χ0n) is 10.4. The molecule has 0 amide bonds. The molecule has 0 saturated carbocycles. The molecule has 0 unspecified atom stereocenters. The number of thioether (sulfide) groups is 1. The molecule has 0 radical (unpaired) electrons. The van der Waals surface area contributed by atoms with Crippen molar-refractivity contribution in [2.45, 2.75) is 14.4 Å². The highest BCUT2D eigenvalue weighted by Crippen LogP contribution is 2.46. The molecule has 8 heteroatoms. The molecule has 2 N–H and O–H groups in total. The van der Waals surface area contributed by atoms with E-state index >= 15 is 0 Å². The van der Waals surface area contributed by atoms with Gasteiger partial charge in [0, 0.05) is 6.07 Å². The lowest BCUT2D eigenvalue weighted by Crippen LogP contribution is -2.25. The molecule has 0 fully saturated rings. The van der Waals surface area contributed by atoms with Crippen LogP contribution in [-0.4, -0.2) is 23.2 Å². The molecule has 0 aromatic heterocycles. The Bertz CT molecular complexity index is 746. The summed E-state index contributed by atoms with van der Waals surface area (Å²) >= 11 is -0.299. The maximum absolute atomic E-state index is 14.1. The molecule has 0 atom stereocenters. The minimum Gasteiger partial charge on any atom is -0.508 e. The highest BCUT2D eigenvalue weighted by Gasteiger charge is 2.47. The average molecular weight is 332 g/mol. The number of phenols is 2. The number of benzene rings is 2. The zero-order valence-corrected chi connectivity index (χ0v) is 12.0. The fourth-order valence-electron chi connectivity index (χ4n) is 1.51. The third kappa shape index (κ3) is 3.11. The third-order valence-electron chi connectivity index (χ3n) is 2.54. The predicted octanol–water partition coefficient (Wildman–Crippen LogP) is 3.21. The van der Waals surface area contributed by atoms with E-state index < -0.39 is 25.1 Å². The summed E-state index contributed by atoms with van der Waals surface area (Å²) in [6.07, 6.45) is 0. The molecular formula is C13H10F2O4S2. The van der Waals surface area contributed by atoms with Crippen LogP contribution < -0.4 is 0 Å². The van der Waals surface area contributed by atoms with Gasteiger partial charge in [-0.3, -0.25) is 0 Å². The van der Waals surface area contributed by atoms with Gasteiger partial charge in [-0.25, -0.2) is 8.42 Å². The molecule has 0 aliphatic carbocycles. The SMILES string of the molecule is O=S(=O)(c1ccccc1)C(F)(F)Sc1ccc(O)cc1O. The van der Waals surface area contributed by atoms with E-state index in [1.807, 2.05) is 0 Å². The van der Waals surface area contributed by atoms with Crippen molar-refractivity contribution < 1.29 is 27.4 Å². The molecular weight excluding hydrogens is 322 g/mol. The van der Waals surface area contributed by atoms with Gasteiger partial charge < -0.3 is 10.2 Å². The second-order valence-corrected chi connectivity index (χ2v) is 7.44. The van der Waals surface area contributed by atoms with Crippen LogP contribution in [0.1, 0.15) is 0 Å². The van der Waals surface area contributed by atoms with Gasteiger partial charge in [0.05, 0.1) is 9.79 Å². The number of hydrogen-bond donors (Lipinski definition) is 2. The van der Waals surface area contributed by atoms with E-state index in [1.54, 1.807) is 0 Å². The van der Waals surface area contributed by atoms with Gasteiger partial charge in [-0.05, 0) is 36.0 Å². The van der Waals surface area contributed by atoms with Gasteiger partial charge in [0.2, 0.25) is 0 Å². The van der Waals surface area contributed by atoms with Crippen molar-refractivity contribution in [2.24, 2.45) is 0 Å². The maximum atomic E-state index is 14.1. The number of halogens is 2. The molecule has 21 heavy (non-hydrogen) atoms. The first kappa shape index (κ1) is 15.6. The summed E-state index contributed by atoms with van der Waals surface area (Å²) in [4.78, 5) is -0.863. The molecule has 0 bridgehead atoms. The first-order valence-corrected chi connectivity index (χ1v) is 7.92. The van der Waals surface area contributed by atoms with Gasteiger partial charge in [-0.15, -0.1) is 0 Å². The average Bonchev–Trinajstić information content (AvgIpc) is 2.43. The number of phenolic OH excluding ortho intramolecular Hbond substituents is 2. The van der Waals surface area contributed by atoms with E-state index in [1.165, 1.54) is 18.2 Å². The number of hydrogen-bond acceptors (Lipinski definition) is 5. The first-order valence-electron chi connectivity index (χ1n) is 5.62. The monoisotopic (exact) mass is 332 g/mol. The molecule has 0 saturated heterocycles. The summed E-state index contributed by atoms with van der Waals surface area (Å²) in [6.45, 7) is 0. The summed E-state index contributed by atoms with van der Waals surface area (Å²) in [5, 5.41) is 18.6. The third-order valence-corrected chi connectivity index (χ3v) is 5.77. The number of sulfone groups is 1. The standard InChI is InChI=1S/C13H10F2O4S2/c14-13(15,20-12-7-6-9(16)8-11(12)17)21(18,19)10-4-2-1-3-5-10/h1-8,16-17H. The van der Waals surface area contributed by atoms with Crippen molar-refractivity contribution in [2.75, 3.05) is 0 Å². The van der Waals surface area contributed by atoms with Gasteiger partial charge in [-0.2, -0.15) is 8.78 Å². The summed E-state index contributed by atoms with van der Waals surface area (Å²) in [5.74, 6) is -0.936. The van der Waals surface area contributed by atoms with Crippen molar-refractivity contribution in [3.05, 3.63) is 48.5 Å². The van der Waals surface area contributed by atoms with Gasteiger partial charge in [0.25, 0.3) is 9.84 Å². The number of alkyl halides is 2. The molecule has 2 aromatic rings. The van der Waals surface area contributed by atoms with Crippen LogP contribution in [-0.2, 0) is 9.84 Å². The van der Waals surface area contributed by atoms with Gasteiger partial charge in [0.15, 0.2) is 0 Å². The van der Waals surface area contributed by atoms with E-state index in [-0.39, 0.29) is 22.4 Å². The number of aromatic hydroxyl groups is 2. The van der Waals surface area contributed by atoms with Gasteiger partial charge in [-0.1, -0.05) is 18.2 Å². The zero-order chi connectivity index (χ0) is 15.7. The predicted molar refractivity (Wildman–Crippen MR) is 74.2 cm³/mol. The van der Waals surface area contributed by atoms with Crippen LogP contribution in [0.2, 0.25) is 0 Å². The van der Waals surface area contributed by atoms with Crippen molar-refractivity contribution in [3.8, 4) is 11.5 Å². The Labute approximate surface area is 124 Å². The van der Waals surface area contributed by atoms with Gasteiger partial charge >= 0.3 is 4.59 Å². The van der Waals surface area contributed by atoms with Crippen molar-refractivity contribution >= 4 is 21.6 Å². The quantitative estimate of drug-likeness (QED) is 0.841. The van der Waals surface area contributed by atoms with Crippen LogP contribution in [0.15, 0.2) is 58.3 Å². The van der Waals surface area contributed by atoms with Crippen LogP contribution in [0, 0.1) is 0 Å².